The van der Waals surface area contributed by atoms with Gasteiger partial charge in [-0.2, -0.15) is 0 Å². The van der Waals surface area contributed by atoms with Crippen molar-refractivity contribution in [2.45, 2.75) is 6.42 Å². The van der Waals surface area contributed by atoms with E-state index in [9.17, 15) is 0 Å². The van der Waals surface area contributed by atoms with Gasteiger partial charge in [0.15, 0.2) is 0 Å². The minimum absolute atomic E-state index is 0.724. The highest BCUT2D eigenvalue weighted by Crippen LogP contribution is 2.33. The number of aromatic nitrogens is 2. The van der Waals surface area contributed by atoms with Gasteiger partial charge in [-0.1, -0.05) is 15.9 Å². The number of nitrogens with one attached hydrogen (secondary N) is 1. The highest BCUT2D eigenvalue weighted by molar-refractivity contribution is 14.1. The van der Waals surface area contributed by atoms with Crippen molar-refractivity contribution >= 4 is 44.3 Å². The van der Waals surface area contributed by atoms with Crippen LogP contribution in [-0.4, -0.2) is 30.7 Å². The molecule has 7 heteroatoms. The zero-order chi connectivity index (χ0) is 15.2. The molecule has 1 aromatic heterocycles. The number of ether oxygens (including phenoxy) is 2. The van der Waals surface area contributed by atoms with Crippen LogP contribution in [0, 0.1) is 3.70 Å². The Kier molecular flexibility index (Phi) is 6.04. The van der Waals surface area contributed by atoms with Gasteiger partial charge in [0, 0.05) is 22.6 Å². The lowest BCUT2D eigenvalue weighted by atomic mass is 10.1. The molecule has 0 aliphatic rings. The molecule has 1 heterocycles. The molecule has 0 saturated carbocycles. The standard InChI is InChI=1S/C14H15BrIN3O2/c1-20-11-5-9(15)6-12(21-2)10(11)3-4-17-14-7-13(16)18-8-19-14/h5-8H,3-4H2,1-2H3,(H,17,18,19). The Morgan fingerprint density at radius 3 is 2.38 bits per heavy atom. The number of nitrogens with zero attached hydrogens (tertiary/aromatic N) is 2. The van der Waals surface area contributed by atoms with Crippen LogP contribution in [0.5, 0.6) is 11.5 Å². The van der Waals surface area contributed by atoms with Crippen molar-refractivity contribution in [1.82, 2.24) is 9.97 Å². The first kappa shape index (κ1) is 16.3. The maximum absolute atomic E-state index is 5.43. The lowest BCUT2D eigenvalue weighted by molar-refractivity contribution is 0.385. The summed E-state index contributed by atoms with van der Waals surface area (Å²) in [5, 5.41) is 3.27. The number of rotatable bonds is 6. The van der Waals surface area contributed by atoms with Crippen molar-refractivity contribution in [1.29, 1.82) is 0 Å². The van der Waals surface area contributed by atoms with E-state index in [0.29, 0.717) is 0 Å². The molecule has 0 radical (unpaired) electrons. The third kappa shape index (κ3) is 4.44. The maximum Gasteiger partial charge on any atom is 0.130 e. The molecule has 112 valence electrons. The first-order valence-corrected chi connectivity index (χ1v) is 8.13. The average Bonchev–Trinajstić information content (AvgIpc) is 2.48. The summed E-state index contributed by atoms with van der Waals surface area (Å²) in [7, 11) is 3.32. The SMILES string of the molecule is COc1cc(Br)cc(OC)c1CCNc1cc(I)ncn1. The second-order valence-corrected chi connectivity index (χ2v) is 6.21. The Labute approximate surface area is 145 Å². The fourth-order valence-electron chi connectivity index (χ4n) is 1.94. The zero-order valence-electron chi connectivity index (χ0n) is 11.7. The summed E-state index contributed by atoms with van der Waals surface area (Å²) in [4.78, 5) is 8.23. The van der Waals surface area contributed by atoms with Crippen LogP contribution in [0.25, 0.3) is 0 Å². The Bertz CT molecular complexity index is 600. The van der Waals surface area contributed by atoms with Gasteiger partial charge in [0.2, 0.25) is 0 Å². The van der Waals surface area contributed by atoms with Gasteiger partial charge >= 0.3 is 0 Å². The molecule has 1 aromatic carbocycles. The molecule has 0 aliphatic carbocycles. The first-order chi connectivity index (χ1) is 10.1. The zero-order valence-corrected chi connectivity index (χ0v) is 15.4. The molecule has 0 fully saturated rings. The van der Waals surface area contributed by atoms with Gasteiger partial charge < -0.3 is 14.8 Å². The molecule has 0 spiro atoms. The van der Waals surface area contributed by atoms with Crippen LogP contribution < -0.4 is 14.8 Å². The Morgan fingerprint density at radius 2 is 1.81 bits per heavy atom. The van der Waals surface area contributed by atoms with Gasteiger partial charge in [-0.05, 0) is 41.1 Å². The molecule has 0 aliphatic heterocycles. The molecular weight excluding hydrogens is 449 g/mol. The fraction of sp³-hybridized carbons (Fsp3) is 0.286. The number of benzene rings is 1. The summed E-state index contributed by atoms with van der Waals surface area (Å²) < 4.78 is 12.7. The molecule has 0 amide bonds. The van der Waals surface area contributed by atoms with E-state index in [0.717, 1.165) is 44.0 Å². The molecule has 2 rings (SSSR count). The predicted molar refractivity (Wildman–Crippen MR) is 94.2 cm³/mol. The second kappa shape index (κ2) is 7.79. The topological polar surface area (TPSA) is 56.3 Å². The highest BCUT2D eigenvalue weighted by atomic mass is 127. The third-order valence-corrected chi connectivity index (χ3v) is 3.94. The van der Waals surface area contributed by atoms with Crippen LogP contribution in [0.15, 0.2) is 29.0 Å². The van der Waals surface area contributed by atoms with Crippen molar-refractivity contribution in [3.8, 4) is 11.5 Å². The molecule has 1 N–H and O–H groups in total. The van der Waals surface area contributed by atoms with Crippen molar-refractivity contribution in [2.75, 3.05) is 26.1 Å². The molecule has 2 aromatic rings. The van der Waals surface area contributed by atoms with Crippen molar-refractivity contribution < 1.29 is 9.47 Å². The second-order valence-electron chi connectivity index (χ2n) is 4.19. The van der Waals surface area contributed by atoms with Crippen LogP contribution in [0.4, 0.5) is 5.82 Å². The summed E-state index contributed by atoms with van der Waals surface area (Å²) >= 11 is 5.61. The summed E-state index contributed by atoms with van der Waals surface area (Å²) in [6.45, 7) is 0.724. The lowest BCUT2D eigenvalue weighted by Gasteiger charge is -2.14. The summed E-state index contributed by atoms with van der Waals surface area (Å²) in [5.74, 6) is 2.42. The maximum atomic E-state index is 5.43. The van der Waals surface area contributed by atoms with Gasteiger partial charge in [0.05, 0.1) is 14.2 Å². The van der Waals surface area contributed by atoms with E-state index in [2.05, 4.69) is 53.8 Å². The Balaban J connectivity index is 2.09. The number of methoxy groups -OCH3 is 2. The molecule has 0 bridgehead atoms. The van der Waals surface area contributed by atoms with Crippen molar-refractivity contribution in [2.24, 2.45) is 0 Å². The van der Waals surface area contributed by atoms with E-state index in [1.807, 2.05) is 18.2 Å². The van der Waals surface area contributed by atoms with E-state index >= 15 is 0 Å². The predicted octanol–water partition coefficient (Wildman–Crippen LogP) is 3.52. The normalized spacial score (nSPS) is 10.3. The molecular formula is C14H15BrIN3O2. The monoisotopic (exact) mass is 463 g/mol. The van der Waals surface area contributed by atoms with Crippen LogP contribution in [0.2, 0.25) is 0 Å². The summed E-state index contributed by atoms with van der Waals surface area (Å²) in [6.07, 6.45) is 2.31. The smallest absolute Gasteiger partial charge is 0.130 e. The Morgan fingerprint density at radius 1 is 1.14 bits per heavy atom. The minimum atomic E-state index is 0.724. The first-order valence-electron chi connectivity index (χ1n) is 6.26. The molecule has 21 heavy (non-hydrogen) atoms. The van der Waals surface area contributed by atoms with E-state index in [-0.39, 0.29) is 0 Å². The Hall–Kier alpha value is -1.09. The van der Waals surface area contributed by atoms with Crippen LogP contribution in [-0.2, 0) is 6.42 Å². The number of anilines is 1. The number of hydrogen-bond acceptors (Lipinski definition) is 5. The van der Waals surface area contributed by atoms with E-state index in [1.54, 1.807) is 20.5 Å². The molecule has 5 nitrogen and oxygen atoms in total. The van der Waals surface area contributed by atoms with Gasteiger partial charge in [0.1, 0.15) is 27.3 Å². The van der Waals surface area contributed by atoms with E-state index in [1.165, 1.54) is 0 Å². The fourth-order valence-corrected chi connectivity index (χ4v) is 2.78. The molecule has 0 atom stereocenters. The van der Waals surface area contributed by atoms with E-state index in [4.69, 9.17) is 9.47 Å². The highest BCUT2D eigenvalue weighted by Gasteiger charge is 2.11. The van der Waals surface area contributed by atoms with Crippen LogP contribution in [0.3, 0.4) is 0 Å². The van der Waals surface area contributed by atoms with Crippen LogP contribution in [0.1, 0.15) is 5.56 Å². The van der Waals surface area contributed by atoms with Gasteiger partial charge in [0.25, 0.3) is 0 Å². The van der Waals surface area contributed by atoms with Gasteiger partial charge in [-0.3, -0.25) is 0 Å². The number of halogens is 2. The summed E-state index contributed by atoms with van der Waals surface area (Å²) in [6, 6.07) is 5.77. The lowest BCUT2D eigenvalue weighted by Crippen LogP contribution is -2.08. The third-order valence-electron chi connectivity index (χ3n) is 2.89. The molecule has 0 saturated heterocycles. The molecule has 0 unspecified atom stereocenters. The van der Waals surface area contributed by atoms with Crippen molar-refractivity contribution in [3.05, 3.63) is 38.3 Å². The average molecular weight is 464 g/mol. The van der Waals surface area contributed by atoms with Gasteiger partial charge in [-0.25, -0.2) is 9.97 Å². The number of hydrogen-bond donors (Lipinski definition) is 1. The van der Waals surface area contributed by atoms with E-state index < -0.39 is 0 Å². The quantitative estimate of drug-likeness (QED) is 0.524. The van der Waals surface area contributed by atoms with Crippen molar-refractivity contribution in [3.63, 3.8) is 0 Å². The minimum Gasteiger partial charge on any atom is -0.496 e. The van der Waals surface area contributed by atoms with Gasteiger partial charge in [-0.15, -0.1) is 0 Å². The summed E-state index contributed by atoms with van der Waals surface area (Å²) in [5.41, 5.74) is 1.03. The largest absolute Gasteiger partial charge is 0.496 e. The van der Waals surface area contributed by atoms with Crippen LogP contribution >= 0.6 is 38.5 Å².